The monoisotopic (exact) mass is 501 g/mol. The SMILES string of the molecule is CCC(C)NC(=O)C(CC)N(Cc1ccc(C)cc1)C(=O)CN(c1ccc(C)c(C)c1)S(C)(=O)=O. The summed E-state index contributed by atoms with van der Waals surface area (Å²) in [5, 5.41) is 2.98. The molecule has 1 N–H and O–H groups in total. The fraction of sp³-hybridized carbons (Fsp3) is 0.481. The summed E-state index contributed by atoms with van der Waals surface area (Å²) >= 11 is 0. The maximum atomic E-state index is 13.7. The van der Waals surface area contributed by atoms with E-state index in [-0.39, 0.29) is 25.0 Å². The number of sulfonamides is 1. The highest BCUT2D eigenvalue weighted by atomic mass is 32.2. The van der Waals surface area contributed by atoms with E-state index in [1.807, 2.05) is 71.9 Å². The van der Waals surface area contributed by atoms with Crippen molar-refractivity contribution in [3.8, 4) is 0 Å². The molecule has 2 aromatic carbocycles. The number of amides is 2. The molecular formula is C27H39N3O4S. The molecule has 192 valence electrons. The molecule has 0 radical (unpaired) electrons. The Morgan fingerprint density at radius 1 is 0.943 bits per heavy atom. The summed E-state index contributed by atoms with van der Waals surface area (Å²) in [5.74, 6) is -0.667. The Morgan fingerprint density at radius 2 is 1.57 bits per heavy atom. The number of aryl methyl sites for hydroxylation is 3. The van der Waals surface area contributed by atoms with Crippen LogP contribution in [0.4, 0.5) is 5.69 Å². The van der Waals surface area contributed by atoms with Crippen LogP contribution in [0.1, 0.15) is 55.9 Å². The minimum atomic E-state index is -3.74. The molecule has 2 rings (SSSR count). The Kier molecular flexibility index (Phi) is 9.89. The number of anilines is 1. The van der Waals surface area contributed by atoms with Gasteiger partial charge in [0.05, 0.1) is 11.9 Å². The van der Waals surface area contributed by atoms with Gasteiger partial charge < -0.3 is 10.2 Å². The lowest BCUT2D eigenvalue weighted by molar-refractivity contribution is -0.140. The van der Waals surface area contributed by atoms with Crippen LogP contribution in [0.15, 0.2) is 42.5 Å². The molecule has 0 aliphatic heterocycles. The number of benzene rings is 2. The Bertz CT molecular complexity index is 1130. The average molecular weight is 502 g/mol. The number of rotatable bonds is 11. The number of hydrogen-bond donors (Lipinski definition) is 1. The van der Waals surface area contributed by atoms with Crippen molar-refractivity contribution in [1.29, 1.82) is 0 Å². The van der Waals surface area contributed by atoms with E-state index < -0.39 is 22.0 Å². The smallest absolute Gasteiger partial charge is 0.244 e. The lowest BCUT2D eigenvalue weighted by Crippen LogP contribution is -2.53. The molecule has 0 saturated carbocycles. The molecule has 0 aliphatic carbocycles. The number of nitrogens with zero attached hydrogens (tertiary/aromatic N) is 2. The van der Waals surface area contributed by atoms with Crippen molar-refractivity contribution >= 4 is 27.5 Å². The molecule has 0 aromatic heterocycles. The molecule has 0 heterocycles. The molecule has 7 nitrogen and oxygen atoms in total. The van der Waals surface area contributed by atoms with Crippen molar-refractivity contribution in [2.75, 3.05) is 17.1 Å². The normalized spacial score (nSPS) is 13.1. The van der Waals surface area contributed by atoms with Crippen LogP contribution < -0.4 is 9.62 Å². The Morgan fingerprint density at radius 3 is 2.09 bits per heavy atom. The maximum Gasteiger partial charge on any atom is 0.244 e. The summed E-state index contributed by atoms with van der Waals surface area (Å²) in [4.78, 5) is 28.3. The zero-order valence-electron chi connectivity index (χ0n) is 22.0. The van der Waals surface area contributed by atoms with Crippen LogP contribution in [0.5, 0.6) is 0 Å². The van der Waals surface area contributed by atoms with Crippen molar-refractivity contribution in [2.24, 2.45) is 0 Å². The van der Waals surface area contributed by atoms with Gasteiger partial charge in [-0.2, -0.15) is 0 Å². The van der Waals surface area contributed by atoms with E-state index >= 15 is 0 Å². The van der Waals surface area contributed by atoms with E-state index in [0.717, 1.165) is 39.2 Å². The average Bonchev–Trinajstić information content (AvgIpc) is 2.79. The first kappa shape index (κ1) is 28.4. The second kappa shape index (κ2) is 12.2. The molecular weight excluding hydrogens is 462 g/mol. The van der Waals surface area contributed by atoms with Crippen LogP contribution in [0.3, 0.4) is 0 Å². The predicted octanol–water partition coefficient (Wildman–Crippen LogP) is 4.10. The van der Waals surface area contributed by atoms with Gasteiger partial charge in [0, 0.05) is 12.6 Å². The van der Waals surface area contributed by atoms with Crippen molar-refractivity contribution < 1.29 is 18.0 Å². The third-order valence-corrected chi connectivity index (χ3v) is 7.46. The van der Waals surface area contributed by atoms with Gasteiger partial charge in [-0.15, -0.1) is 0 Å². The molecule has 0 saturated heterocycles. The first-order valence-electron chi connectivity index (χ1n) is 12.1. The zero-order valence-corrected chi connectivity index (χ0v) is 22.8. The number of carbonyl (C=O) groups excluding carboxylic acids is 2. The standard InChI is InChI=1S/C27H39N3O4S/c1-8-22(6)28-27(32)25(9-2)29(17-23-13-10-19(3)11-14-23)26(31)18-30(35(7,33)34)24-15-12-20(4)21(5)16-24/h10-16,22,25H,8-9,17-18H2,1-7H3,(H,28,32). The predicted molar refractivity (Wildman–Crippen MR) is 142 cm³/mol. The molecule has 2 atom stereocenters. The molecule has 8 heteroatoms. The van der Waals surface area contributed by atoms with Crippen LogP contribution in [-0.2, 0) is 26.2 Å². The summed E-state index contributed by atoms with van der Waals surface area (Å²) in [6.07, 6.45) is 2.26. The van der Waals surface area contributed by atoms with Gasteiger partial charge in [0.2, 0.25) is 21.8 Å². The van der Waals surface area contributed by atoms with Gasteiger partial charge in [-0.1, -0.05) is 49.7 Å². The number of hydrogen-bond acceptors (Lipinski definition) is 4. The van der Waals surface area contributed by atoms with Gasteiger partial charge in [0.25, 0.3) is 0 Å². The van der Waals surface area contributed by atoms with Crippen molar-refractivity contribution in [2.45, 2.75) is 73.0 Å². The van der Waals surface area contributed by atoms with Crippen LogP contribution in [-0.4, -0.2) is 50.0 Å². The summed E-state index contributed by atoms with van der Waals surface area (Å²) in [6.45, 7) is 11.4. The summed E-state index contributed by atoms with van der Waals surface area (Å²) in [7, 11) is -3.74. The van der Waals surface area contributed by atoms with Gasteiger partial charge in [-0.3, -0.25) is 13.9 Å². The topological polar surface area (TPSA) is 86.8 Å². The van der Waals surface area contributed by atoms with Gasteiger partial charge in [0.15, 0.2) is 0 Å². The second-order valence-electron chi connectivity index (χ2n) is 9.29. The van der Waals surface area contributed by atoms with E-state index in [4.69, 9.17) is 0 Å². The van der Waals surface area contributed by atoms with Gasteiger partial charge in [0.1, 0.15) is 12.6 Å². The molecule has 35 heavy (non-hydrogen) atoms. The van der Waals surface area contributed by atoms with Crippen LogP contribution >= 0.6 is 0 Å². The highest BCUT2D eigenvalue weighted by Gasteiger charge is 2.32. The lowest BCUT2D eigenvalue weighted by Gasteiger charge is -2.33. The Labute approximate surface area is 210 Å². The largest absolute Gasteiger partial charge is 0.352 e. The van der Waals surface area contributed by atoms with Gasteiger partial charge in [-0.25, -0.2) is 8.42 Å². The van der Waals surface area contributed by atoms with E-state index in [1.54, 1.807) is 12.1 Å². The van der Waals surface area contributed by atoms with Crippen LogP contribution in [0, 0.1) is 20.8 Å². The Hall–Kier alpha value is -2.87. The van der Waals surface area contributed by atoms with Crippen LogP contribution in [0.25, 0.3) is 0 Å². The fourth-order valence-electron chi connectivity index (χ4n) is 3.75. The molecule has 0 aliphatic rings. The van der Waals surface area contributed by atoms with E-state index in [0.29, 0.717) is 12.1 Å². The van der Waals surface area contributed by atoms with Crippen molar-refractivity contribution in [3.05, 3.63) is 64.7 Å². The van der Waals surface area contributed by atoms with Crippen molar-refractivity contribution in [1.82, 2.24) is 10.2 Å². The number of carbonyl (C=O) groups is 2. The van der Waals surface area contributed by atoms with E-state index in [2.05, 4.69) is 5.32 Å². The first-order valence-corrected chi connectivity index (χ1v) is 13.9. The molecule has 0 fully saturated rings. The third kappa shape index (κ3) is 7.82. The van der Waals surface area contributed by atoms with E-state index in [1.165, 1.54) is 4.90 Å². The molecule has 0 bridgehead atoms. The first-order chi connectivity index (χ1) is 16.4. The number of nitrogens with one attached hydrogen (secondary N) is 1. The van der Waals surface area contributed by atoms with Crippen molar-refractivity contribution in [3.63, 3.8) is 0 Å². The lowest BCUT2D eigenvalue weighted by atomic mass is 10.1. The molecule has 2 unspecified atom stereocenters. The van der Waals surface area contributed by atoms with Gasteiger partial charge >= 0.3 is 0 Å². The highest BCUT2D eigenvalue weighted by Crippen LogP contribution is 2.22. The molecule has 2 amide bonds. The summed E-state index contributed by atoms with van der Waals surface area (Å²) < 4.78 is 26.5. The summed E-state index contributed by atoms with van der Waals surface area (Å²) in [6, 6.07) is 12.3. The van der Waals surface area contributed by atoms with Crippen LogP contribution in [0.2, 0.25) is 0 Å². The highest BCUT2D eigenvalue weighted by molar-refractivity contribution is 7.92. The zero-order chi connectivity index (χ0) is 26.3. The molecule has 2 aromatic rings. The third-order valence-electron chi connectivity index (χ3n) is 6.32. The summed E-state index contributed by atoms with van der Waals surface area (Å²) in [5.41, 5.74) is 4.35. The molecule has 0 spiro atoms. The minimum absolute atomic E-state index is 0.0315. The van der Waals surface area contributed by atoms with E-state index in [9.17, 15) is 18.0 Å². The maximum absolute atomic E-state index is 13.7. The minimum Gasteiger partial charge on any atom is -0.352 e. The quantitative estimate of drug-likeness (QED) is 0.502. The van der Waals surface area contributed by atoms with Gasteiger partial charge in [-0.05, 0) is 69.4 Å². The fourth-order valence-corrected chi connectivity index (χ4v) is 4.59. The second-order valence-corrected chi connectivity index (χ2v) is 11.2. The Balaban J connectivity index is 2.45.